The largest absolute Gasteiger partial charge is 0.0649 e. The van der Waals surface area contributed by atoms with Crippen LogP contribution in [0.5, 0.6) is 0 Å². The Hall–Kier alpha value is 0. The van der Waals surface area contributed by atoms with E-state index in [1.54, 1.807) is 0 Å². The van der Waals surface area contributed by atoms with Crippen LogP contribution in [0.4, 0.5) is 0 Å². The van der Waals surface area contributed by atoms with Crippen LogP contribution in [0.25, 0.3) is 0 Å². The van der Waals surface area contributed by atoms with Crippen molar-refractivity contribution >= 4 is 0 Å². The molecule has 0 N–H and O–H groups in total. The Balaban J connectivity index is 3.71. The lowest BCUT2D eigenvalue weighted by Gasteiger charge is -2.27. The lowest BCUT2D eigenvalue weighted by Crippen LogP contribution is -2.17. The Morgan fingerprint density at radius 2 is 1.62 bits per heavy atom. The molecular weight excluding hydrogens is 96.1 g/mol. The van der Waals surface area contributed by atoms with Crippen molar-refractivity contribution in [3.8, 4) is 0 Å². The first-order chi connectivity index (χ1) is 3.50. The summed E-state index contributed by atoms with van der Waals surface area (Å²) >= 11 is 0. The first kappa shape index (κ1) is 8.00. The predicted molar refractivity (Wildman–Crippen MR) is 38.9 cm³/mol. The molecule has 0 aliphatic heterocycles. The van der Waals surface area contributed by atoms with Gasteiger partial charge in [0.15, 0.2) is 0 Å². The van der Waals surface area contributed by atoms with E-state index in [4.69, 9.17) is 0 Å². The van der Waals surface area contributed by atoms with Crippen LogP contribution in [-0.4, -0.2) is 0 Å². The second-order valence-corrected chi connectivity index (χ2v) is 3.50. The molecule has 0 unspecified atom stereocenters. The fourth-order valence-electron chi connectivity index (χ4n) is 0.408. The van der Waals surface area contributed by atoms with Gasteiger partial charge >= 0.3 is 0 Å². The van der Waals surface area contributed by atoms with E-state index in [9.17, 15) is 0 Å². The normalized spacial score (nSPS) is 12.8. The second kappa shape index (κ2) is 2.52. The molecule has 0 aliphatic carbocycles. The summed E-state index contributed by atoms with van der Waals surface area (Å²) in [6.45, 7) is 11.4. The topological polar surface area (TPSA) is 0 Å². The zero-order valence-corrected chi connectivity index (χ0v) is 6.78. The highest BCUT2D eigenvalue weighted by molar-refractivity contribution is 4.69. The molecule has 0 nitrogen and oxygen atoms in total. The molecule has 0 heterocycles. The molecule has 0 radical (unpaired) electrons. The lowest BCUT2D eigenvalue weighted by atomic mass is 9.79. The van der Waals surface area contributed by atoms with Crippen molar-refractivity contribution in [3.63, 3.8) is 0 Å². The third-order valence-electron chi connectivity index (χ3n) is 2.47. The van der Waals surface area contributed by atoms with E-state index >= 15 is 0 Å². The van der Waals surface area contributed by atoms with Gasteiger partial charge in [0.25, 0.3) is 0 Å². The average molecular weight is 114 g/mol. The summed E-state index contributed by atoms with van der Waals surface area (Å²) in [6, 6.07) is 0. The van der Waals surface area contributed by atoms with Gasteiger partial charge in [-0.25, -0.2) is 0 Å². The van der Waals surface area contributed by atoms with E-state index in [0.29, 0.717) is 5.41 Å². The molecule has 8 heavy (non-hydrogen) atoms. The van der Waals surface area contributed by atoms with Gasteiger partial charge in [0, 0.05) is 0 Å². The van der Waals surface area contributed by atoms with Gasteiger partial charge in [-0.1, -0.05) is 41.0 Å². The first-order valence-electron chi connectivity index (χ1n) is 3.50. The Labute approximate surface area is 53.3 Å². The van der Waals surface area contributed by atoms with Crippen LogP contribution in [0, 0.1) is 11.3 Å². The van der Waals surface area contributed by atoms with Gasteiger partial charge in [0.2, 0.25) is 0 Å². The molecule has 0 aromatic rings. The smallest absolute Gasteiger partial charge is 0.0334 e. The summed E-state index contributed by atoms with van der Waals surface area (Å²) < 4.78 is 0. The maximum Gasteiger partial charge on any atom is -0.0334 e. The Kier molecular flexibility index (Phi) is 2.52. The molecular formula is C8H18. The third-order valence-corrected chi connectivity index (χ3v) is 2.47. The number of hydrogen-bond donors (Lipinski definition) is 0. The molecule has 0 aromatic heterocycles. The van der Waals surface area contributed by atoms with Gasteiger partial charge < -0.3 is 0 Å². The minimum Gasteiger partial charge on any atom is -0.0649 e. The summed E-state index contributed by atoms with van der Waals surface area (Å²) in [4.78, 5) is 0. The van der Waals surface area contributed by atoms with Gasteiger partial charge in [0.05, 0.1) is 0 Å². The van der Waals surface area contributed by atoms with Crippen molar-refractivity contribution in [2.75, 3.05) is 0 Å². The highest BCUT2D eigenvalue weighted by atomic mass is 14.2. The molecule has 0 rings (SSSR count). The molecule has 0 saturated heterocycles. The van der Waals surface area contributed by atoms with E-state index < -0.39 is 0 Å². The molecule has 0 atom stereocenters. The molecule has 0 bridgehead atoms. The van der Waals surface area contributed by atoms with Crippen LogP contribution in [0.15, 0.2) is 0 Å². The summed E-state index contributed by atoms with van der Waals surface area (Å²) in [6.07, 6.45) is 1.28. The lowest BCUT2D eigenvalue weighted by molar-refractivity contribution is 0.240. The first-order valence-corrected chi connectivity index (χ1v) is 3.50. The van der Waals surface area contributed by atoms with Gasteiger partial charge in [-0.2, -0.15) is 0 Å². The molecule has 0 heteroatoms. The molecule has 0 saturated carbocycles. The third kappa shape index (κ3) is 1.85. The molecule has 0 fully saturated rings. The van der Waals surface area contributed by atoms with Crippen LogP contribution >= 0.6 is 0 Å². The quantitative estimate of drug-likeness (QED) is 0.517. The van der Waals surface area contributed by atoms with Gasteiger partial charge in [-0.15, -0.1) is 0 Å². The molecule has 0 aromatic carbocycles. The number of rotatable bonds is 2. The fourth-order valence-corrected chi connectivity index (χ4v) is 0.408. The summed E-state index contributed by atoms with van der Waals surface area (Å²) in [5.41, 5.74) is 0.542. The van der Waals surface area contributed by atoms with Crippen molar-refractivity contribution in [3.05, 3.63) is 0 Å². The highest BCUT2D eigenvalue weighted by Gasteiger charge is 2.18. The van der Waals surface area contributed by atoms with Gasteiger partial charge in [-0.3, -0.25) is 0 Å². The van der Waals surface area contributed by atoms with Crippen molar-refractivity contribution in [2.24, 2.45) is 11.3 Å². The summed E-state index contributed by atoms with van der Waals surface area (Å²) in [5, 5.41) is 0. The van der Waals surface area contributed by atoms with Crippen molar-refractivity contribution < 1.29 is 0 Å². The van der Waals surface area contributed by atoms with E-state index in [-0.39, 0.29) is 0 Å². The summed E-state index contributed by atoms with van der Waals surface area (Å²) in [5.74, 6) is 0.812. The fraction of sp³-hybridized carbons (Fsp3) is 1.00. The standard InChI is InChI=1S/C8H18/c1-6-8(4,5)7(2)3/h7H,6H2,1-5H3. The maximum atomic E-state index is 2.32. The maximum absolute atomic E-state index is 2.32. The van der Waals surface area contributed by atoms with Crippen LogP contribution in [0.1, 0.15) is 41.0 Å². The van der Waals surface area contributed by atoms with Crippen molar-refractivity contribution in [1.82, 2.24) is 0 Å². The van der Waals surface area contributed by atoms with E-state index in [1.165, 1.54) is 6.42 Å². The Morgan fingerprint density at radius 3 is 1.62 bits per heavy atom. The van der Waals surface area contributed by atoms with Gasteiger partial charge in [0.1, 0.15) is 0 Å². The van der Waals surface area contributed by atoms with E-state index in [0.717, 1.165) is 5.92 Å². The van der Waals surface area contributed by atoms with Crippen LogP contribution in [-0.2, 0) is 0 Å². The van der Waals surface area contributed by atoms with E-state index in [1.807, 2.05) is 0 Å². The SMILES string of the molecule is CCC(C)(C)C(C)C. The number of hydrogen-bond acceptors (Lipinski definition) is 0. The average Bonchev–Trinajstić information content (AvgIpc) is 1.67. The summed E-state index contributed by atoms with van der Waals surface area (Å²) in [7, 11) is 0. The molecule has 0 spiro atoms. The van der Waals surface area contributed by atoms with Crippen LogP contribution < -0.4 is 0 Å². The minimum atomic E-state index is 0.542. The van der Waals surface area contributed by atoms with Crippen LogP contribution in [0.2, 0.25) is 0 Å². The zero-order valence-electron chi connectivity index (χ0n) is 6.78. The van der Waals surface area contributed by atoms with Gasteiger partial charge in [-0.05, 0) is 11.3 Å². The zero-order chi connectivity index (χ0) is 6.78. The molecule has 0 aliphatic rings. The minimum absolute atomic E-state index is 0.542. The second-order valence-electron chi connectivity index (χ2n) is 3.50. The monoisotopic (exact) mass is 114 g/mol. The Morgan fingerprint density at radius 1 is 1.25 bits per heavy atom. The van der Waals surface area contributed by atoms with E-state index in [2.05, 4.69) is 34.6 Å². The van der Waals surface area contributed by atoms with Crippen molar-refractivity contribution in [1.29, 1.82) is 0 Å². The molecule has 0 amide bonds. The molecule has 50 valence electrons. The Bertz CT molecular complexity index is 60.4. The van der Waals surface area contributed by atoms with Crippen LogP contribution in [0.3, 0.4) is 0 Å². The van der Waals surface area contributed by atoms with Crippen molar-refractivity contribution in [2.45, 2.75) is 41.0 Å². The predicted octanol–water partition coefficient (Wildman–Crippen LogP) is 3.08. The highest BCUT2D eigenvalue weighted by Crippen LogP contribution is 2.28.